The van der Waals surface area contributed by atoms with E-state index in [0.717, 1.165) is 6.42 Å². The molecule has 0 unspecified atom stereocenters. The van der Waals surface area contributed by atoms with Crippen LogP contribution in [0.4, 0.5) is 0 Å². The molecule has 1 heterocycles. The van der Waals surface area contributed by atoms with Crippen molar-refractivity contribution in [3.8, 4) is 0 Å². The van der Waals surface area contributed by atoms with E-state index in [0.29, 0.717) is 6.61 Å². The van der Waals surface area contributed by atoms with Crippen molar-refractivity contribution in [2.45, 2.75) is 39.1 Å². The number of aliphatic hydroxyl groups is 1. The first-order valence-electron chi connectivity index (χ1n) is 4.94. The fourth-order valence-electron chi connectivity index (χ4n) is 2.07. The average molecular weight is 188 g/mol. The van der Waals surface area contributed by atoms with Crippen LogP contribution in [0.25, 0.3) is 0 Å². The lowest BCUT2D eigenvalue weighted by atomic mass is 9.83. The van der Waals surface area contributed by atoms with Crippen LogP contribution in [0.3, 0.4) is 0 Å². The van der Waals surface area contributed by atoms with Gasteiger partial charge in [-0.1, -0.05) is 20.8 Å². The summed E-state index contributed by atoms with van der Waals surface area (Å²) in [6.07, 6.45) is 0.447. The molecule has 13 heavy (non-hydrogen) atoms. The minimum atomic E-state index is -0.577. The van der Waals surface area contributed by atoms with E-state index < -0.39 is 5.79 Å². The van der Waals surface area contributed by atoms with Gasteiger partial charge in [-0.25, -0.2) is 0 Å². The van der Waals surface area contributed by atoms with Crippen molar-refractivity contribution in [3.63, 3.8) is 0 Å². The van der Waals surface area contributed by atoms with Gasteiger partial charge in [-0.15, -0.1) is 0 Å². The Labute approximate surface area is 80.0 Å². The van der Waals surface area contributed by atoms with Gasteiger partial charge < -0.3 is 14.6 Å². The quantitative estimate of drug-likeness (QED) is 0.712. The van der Waals surface area contributed by atoms with Crippen molar-refractivity contribution in [2.75, 3.05) is 13.7 Å². The molecule has 0 aromatic carbocycles. The normalized spacial score (nSPS) is 46.4. The predicted molar refractivity (Wildman–Crippen MR) is 50.3 cm³/mol. The molecule has 0 amide bonds. The van der Waals surface area contributed by atoms with Gasteiger partial charge in [0.15, 0.2) is 5.79 Å². The molecule has 1 fully saturated rings. The molecular weight excluding hydrogens is 168 g/mol. The zero-order chi connectivity index (χ0) is 10.1. The topological polar surface area (TPSA) is 38.7 Å². The van der Waals surface area contributed by atoms with E-state index in [9.17, 15) is 5.11 Å². The van der Waals surface area contributed by atoms with Crippen molar-refractivity contribution < 1.29 is 14.6 Å². The van der Waals surface area contributed by atoms with Crippen molar-refractivity contribution in [1.82, 2.24) is 0 Å². The molecule has 1 saturated heterocycles. The maximum atomic E-state index is 9.88. The Kier molecular flexibility index (Phi) is 3.33. The third-order valence-electron chi connectivity index (χ3n) is 3.22. The van der Waals surface area contributed by atoms with Crippen LogP contribution in [0.15, 0.2) is 0 Å². The van der Waals surface area contributed by atoms with Crippen molar-refractivity contribution in [1.29, 1.82) is 0 Å². The highest BCUT2D eigenvalue weighted by molar-refractivity contribution is 4.87. The SMILES string of the molecule is CC[C@]1(OC)OC[C@H](C)[C@H](O)[C@H]1C. The van der Waals surface area contributed by atoms with E-state index in [2.05, 4.69) is 0 Å². The summed E-state index contributed by atoms with van der Waals surface area (Å²) in [7, 11) is 1.64. The van der Waals surface area contributed by atoms with E-state index in [4.69, 9.17) is 9.47 Å². The first kappa shape index (κ1) is 11.0. The molecular formula is C10H20O3. The van der Waals surface area contributed by atoms with Gasteiger partial charge in [-0.2, -0.15) is 0 Å². The number of rotatable bonds is 2. The maximum Gasteiger partial charge on any atom is 0.172 e. The monoisotopic (exact) mass is 188 g/mol. The van der Waals surface area contributed by atoms with Gasteiger partial charge in [0.05, 0.1) is 12.7 Å². The maximum absolute atomic E-state index is 9.88. The first-order valence-corrected chi connectivity index (χ1v) is 4.94. The lowest BCUT2D eigenvalue weighted by Crippen LogP contribution is -2.53. The molecule has 0 radical (unpaired) electrons. The Morgan fingerprint density at radius 1 is 1.54 bits per heavy atom. The molecule has 1 N–H and O–H groups in total. The number of aliphatic hydroxyl groups excluding tert-OH is 1. The second-order valence-corrected chi connectivity index (χ2v) is 3.94. The van der Waals surface area contributed by atoms with E-state index in [1.807, 2.05) is 20.8 Å². The van der Waals surface area contributed by atoms with Gasteiger partial charge >= 0.3 is 0 Å². The van der Waals surface area contributed by atoms with Crippen LogP contribution >= 0.6 is 0 Å². The summed E-state index contributed by atoms with van der Waals surface area (Å²) in [5.74, 6) is -0.345. The minimum Gasteiger partial charge on any atom is -0.392 e. The number of hydrogen-bond donors (Lipinski definition) is 1. The fraction of sp³-hybridized carbons (Fsp3) is 1.00. The Bertz CT molecular complexity index is 166. The smallest absolute Gasteiger partial charge is 0.172 e. The molecule has 0 spiro atoms. The molecule has 1 aliphatic heterocycles. The summed E-state index contributed by atoms with van der Waals surface area (Å²) in [6, 6.07) is 0. The van der Waals surface area contributed by atoms with Gasteiger partial charge in [0.1, 0.15) is 0 Å². The highest BCUT2D eigenvalue weighted by atomic mass is 16.7. The first-order chi connectivity index (χ1) is 6.07. The molecule has 1 aliphatic rings. The summed E-state index contributed by atoms with van der Waals surface area (Å²) in [5.41, 5.74) is 0. The summed E-state index contributed by atoms with van der Waals surface area (Å²) >= 11 is 0. The van der Waals surface area contributed by atoms with Crippen LogP contribution in [0.2, 0.25) is 0 Å². The van der Waals surface area contributed by atoms with E-state index in [1.54, 1.807) is 7.11 Å². The Hall–Kier alpha value is -0.120. The number of ether oxygens (including phenoxy) is 2. The predicted octanol–water partition coefficient (Wildman–Crippen LogP) is 1.40. The number of hydrogen-bond acceptors (Lipinski definition) is 3. The van der Waals surface area contributed by atoms with Crippen LogP contribution in [-0.2, 0) is 9.47 Å². The molecule has 3 heteroatoms. The van der Waals surface area contributed by atoms with E-state index in [-0.39, 0.29) is 17.9 Å². The van der Waals surface area contributed by atoms with Crippen LogP contribution in [-0.4, -0.2) is 30.7 Å². The van der Waals surface area contributed by atoms with Crippen molar-refractivity contribution in [2.24, 2.45) is 11.8 Å². The Morgan fingerprint density at radius 3 is 2.62 bits per heavy atom. The zero-order valence-corrected chi connectivity index (χ0v) is 8.91. The standard InChI is InChI=1S/C10H20O3/c1-5-10(12-4)8(3)9(11)7(2)6-13-10/h7-9,11H,5-6H2,1-4H3/t7-,8+,9-,10-/m0/s1. The third kappa shape index (κ3) is 1.73. The largest absolute Gasteiger partial charge is 0.392 e. The molecule has 0 bridgehead atoms. The van der Waals surface area contributed by atoms with Gasteiger partial charge in [0.2, 0.25) is 0 Å². The third-order valence-corrected chi connectivity index (χ3v) is 3.22. The molecule has 0 aliphatic carbocycles. The highest BCUT2D eigenvalue weighted by Gasteiger charge is 2.45. The van der Waals surface area contributed by atoms with Crippen molar-refractivity contribution in [3.05, 3.63) is 0 Å². The fourth-order valence-corrected chi connectivity index (χ4v) is 2.07. The van der Waals surface area contributed by atoms with E-state index in [1.165, 1.54) is 0 Å². The molecule has 0 aromatic rings. The summed E-state index contributed by atoms with van der Waals surface area (Å²) in [4.78, 5) is 0. The second-order valence-electron chi connectivity index (χ2n) is 3.94. The summed E-state index contributed by atoms with van der Waals surface area (Å²) in [6.45, 7) is 6.57. The number of methoxy groups -OCH3 is 1. The minimum absolute atomic E-state index is 0.0336. The van der Waals surface area contributed by atoms with Crippen molar-refractivity contribution >= 4 is 0 Å². The van der Waals surface area contributed by atoms with Gasteiger partial charge in [0.25, 0.3) is 0 Å². The molecule has 4 atom stereocenters. The lowest BCUT2D eigenvalue weighted by molar-refractivity contribution is -0.302. The van der Waals surface area contributed by atoms with Gasteiger partial charge in [-0.05, 0) is 6.42 Å². The molecule has 3 nitrogen and oxygen atoms in total. The van der Waals surface area contributed by atoms with Crippen LogP contribution < -0.4 is 0 Å². The second kappa shape index (κ2) is 3.95. The Balaban J connectivity index is 2.77. The van der Waals surface area contributed by atoms with Gasteiger partial charge in [0, 0.05) is 18.9 Å². The zero-order valence-electron chi connectivity index (χ0n) is 8.91. The van der Waals surface area contributed by atoms with E-state index >= 15 is 0 Å². The van der Waals surface area contributed by atoms with Gasteiger partial charge in [-0.3, -0.25) is 0 Å². The highest BCUT2D eigenvalue weighted by Crippen LogP contribution is 2.36. The average Bonchev–Trinajstić information content (AvgIpc) is 2.16. The summed E-state index contributed by atoms with van der Waals surface area (Å²) in [5, 5.41) is 9.88. The van der Waals surface area contributed by atoms with Crippen LogP contribution in [0.5, 0.6) is 0 Å². The molecule has 78 valence electrons. The molecule has 1 rings (SSSR count). The van der Waals surface area contributed by atoms with Crippen LogP contribution in [0, 0.1) is 11.8 Å². The molecule has 0 aromatic heterocycles. The Morgan fingerprint density at radius 2 is 2.15 bits per heavy atom. The molecule has 0 saturated carbocycles. The van der Waals surface area contributed by atoms with Crippen LogP contribution in [0.1, 0.15) is 27.2 Å². The summed E-state index contributed by atoms with van der Waals surface area (Å²) < 4.78 is 11.1. The lowest BCUT2D eigenvalue weighted by Gasteiger charge is -2.45.